The minimum absolute atomic E-state index is 0.401. The van der Waals surface area contributed by atoms with E-state index in [9.17, 15) is 4.79 Å². The summed E-state index contributed by atoms with van der Waals surface area (Å²) in [6.07, 6.45) is 2.43. The molecule has 0 spiro atoms. The molecule has 0 saturated heterocycles. The van der Waals surface area contributed by atoms with E-state index in [1.54, 1.807) is 36.4 Å². The summed E-state index contributed by atoms with van der Waals surface area (Å²) in [4.78, 5) is 10.6. The number of halogens is 3. The lowest BCUT2D eigenvalue weighted by Gasteiger charge is -2.10. The third-order valence-electron chi connectivity index (χ3n) is 2.44. The predicted molar refractivity (Wildman–Crippen MR) is 84.7 cm³/mol. The fraction of sp³-hybridized carbons (Fsp3) is 0. The second kappa shape index (κ2) is 6.85. The van der Waals surface area contributed by atoms with Crippen LogP contribution in [0.5, 0.6) is 11.5 Å². The van der Waals surface area contributed by atoms with Crippen LogP contribution in [0.2, 0.25) is 15.1 Å². The highest BCUT2D eigenvalue weighted by molar-refractivity contribution is 6.34. The molecule has 0 amide bonds. The Morgan fingerprint density at radius 2 is 1.67 bits per heavy atom. The highest BCUT2D eigenvalue weighted by atomic mass is 35.5. The third kappa shape index (κ3) is 4.67. The molecule has 1 N–H and O–H groups in total. The number of hydrogen-bond acceptors (Lipinski definition) is 2. The van der Waals surface area contributed by atoms with E-state index in [4.69, 9.17) is 44.6 Å². The van der Waals surface area contributed by atoms with Crippen LogP contribution in [-0.4, -0.2) is 11.1 Å². The largest absolute Gasteiger partial charge is 0.478 e. The molecule has 0 fully saturated rings. The molecule has 0 heterocycles. The van der Waals surface area contributed by atoms with Gasteiger partial charge in [-0.1, -0.05) is 34.8 Å². The van der Waals surface area contributed by atoms with Gasteiger partial charge < -0.3 is 9.84 Å². The van der Waals surface area contributed by atoms with Gasteiger partial charge in [-0.2, -0.15) is 0 Å². The van der Waals surface area contributed by atoms with E-state index in [2.05, 4.69) is 0 Å². The lowest BCUT2D eigenvalue weighted by Crippen LogP contribution is -1.90. The maximum absolute atomic E-state index is 10.6. The first-order valence-electron chi connectivity index (χ1n) is 5.78. The molecule has 0 aromatic heterocycles. The van der Waals surface area contributed by atoms with E-state index in [0.29, 0.717) is 32.1 Å². The molecule has 0 atom stereocenters. The van der Waals surface area contributed by atoms with Gasteiger partial charge in [0.15, 0.2) is 0 Å². The average molecular weight is 344 g/mol. The predicted octanol–water partition coefficient (Wildman–Crippen LogP) is 5.54. The molecule has 0 aliphatic heterocycles. The summed E-state index contributed by atoms with van der Waals surface area (Å²) in [6.45, 7) is 0. The van der Waals surface area contributed by atoms with Crippen LogP contribution in [0.15, 0.2) is 42.5 Å². The number of benzene rings is 2. The molecule has 2 aromatic carbocycles. The van der Waals surface area contributed by atoms with Gasteiger partial charge in [-0.25, -0.2) is 4.79 Å². The second-order valence-electron chi connectivity index (χ2n) is 4.06. The summed E-state index contributed by atoms with van der Waals surface area (Å²) in [5, 5.41) is 10.0. The molecule has 2 aromatic rings. The van der Waals surface area contributed by atoms with Gasteiger partial charge >= 0.3 is 5.97 Å². The third-order valence-corrected chi connectivity index (χ3v) is 3.12. The van der Waals surface area contributed by atoms with E-state index in [1.165, 1.54) is 6.08 Å². The van der Waals surface area contributed by atoms with Crippen LogP contribution in [0.4, 0.5) is 0 Å². The Hall–Kier alpha value is -1.68. The van der Waals surface area contributed by atoms with Gasteiger partial charge in [-0.05, 0) is 36.4 Å². The van der Waals surface area contributed by atoms with Gasteiger partial charge in [0, 0.05) is 32.8 Å². The van der Waals surface area contributed by atoms with Crippen molar-refractivity contribution in [2.75, 3.05) is 0 Å². The molecule has 2 rings (SSSR count). The molecule has 0 saturated carbocycles. The zero-order valence-corrected chi connectivity index (χ0v) is 12.8. The Bertz CT molecular complexity index is 691. The Kier molecular flexibility index (Phi) is 5.12. The summed E-state index contributed by atoms with van der Waals surface area (Å²) < 4.78 is 5.69. The van der Waals surface area contributed by atoms with Crippen LogP contribution >= 0.6 is 34.8 Å². The smallest absolute Gasteiger partial charge is 0.328 e. The zero-order valence-electron chi connectivity index (χ0n) is 10.5. The zero-order chi connectivity index (χ0) is 15.4. The van der Waals surface area contributed by atoms with E-state index in [-0.39, 0.29) is 0 Å². The van der Waals surface area contributed by atoms with Gasteiger partial charge in [0.1, 0.15) is 11.5 Å². The molecule has 6 heteroatoms. The fourth-order valence-corrected chi connectivity index (χ4v) is 2.28. The summed E-state index contributed by atoms with van der Waals surface area (Å²) in [7, 11) is 0. The molecule has 108 valence electrons. The number of carboxylic acid groups (broad SMARTS) is 1. The topological polar surface area (TPSA) is 46.5 Å². The van der Waals surface area contributed by atoms with Crippen molar-refractivity contribution in [1.29, 1.82) is 0 Å². The van der Waals surface area contributed by atoms with Crippen LogP contribution in [-0.2, 0) is 4.79 Å². The number of ether oxygens (including phenoxy) is 1. The lowest BCUT2D eigenvalue weighted by atomic mass is 10.2. The maximum Gasteiger partial charge on any atom is 0.328 e. The molecule has 0 radical (unpaired) electrons. The number of rotatable bonds is 4. The minimum Gasteiger partial charge on any atom is -0.478 e. The summed E-state index contributed by atoms with van der Waals surface area (Å²) in [5.41, 5.74) is 0.567. The number of carbonyl (C=O) groups is 1. The van der Waals surface area contributed by atoms with E-state index < -0.39 is 5.97 Å². The van der Waals surface area contributed by atoms with Crippen LogP contribution < -0.4 is 4.74 Å². The maximum atomic E-state index is 10.6. The second-order valence-corrected chi connectivity index (χ2v) is 5.37. The lowest BCUT2D eigenvalue weighted by molar-refractivity contribution is -0.131. The number of hydrogen-bond donors (Lipinski definition) is 1. The molecule has 21 heavy (non-hydrogen) atoms. The van der Waals surface area contributed by atoms with Crippen molar-refractivity contribution in [2.24, 2.45) is 0 Å². The van der Waals surface area contributed by atoms with Gasteiger partial charge in [-0.15, -0.1) is 0 Å². The van der Waals surface area contributed by atoms with Crippen LogP contribution in [0.1, 0.15) is 5.56 Å². The Balaban J connectivity index is 2.37. The van der Waals surface area contributed by atoms with Crippen molar-refractivity contribution in [3.63, 3.8) is 0 Å². The molecular formula is C15H9Cl3O3. The average Bonchev–Trinajstić information content (AvgIpc) is 2.36. The van der Waals surface area contributed by atoms with Crippen molar-refractivity contribution in [1.82, 2.24) is 0 Å². The minimum atomic E-state index is -1.05. The highest BCUT2D eigenvalue weighted by Gasteiger charge is 2.06. The summed E-state index contributed by atoms with van der Waals surface area (Å²) >= 11 is 17.8. The Morgan fingerprint density at radius 3 is 2.29 bits per heavy atom. The van der Waals surface area contributed by atoms with Gasteiger partial charge in [-0.3, -0.25) is 0 Å². The van der Waals surface area contributed by atoms with Crippen LogP contribution in [0.3, 0.4) is 0 Å². The first kappa shape index (κ1) is 15.7. The fourth-order valence-electron chi connectivity index (χ4n) is 1.61. The van der Waals surface area contributed by atoms with Gasteiger partial charge in [0.2, 0.25) is 0 Å². The number of carboxylic acids is 1. The standard InChI is InChI=1S/C15H9Cl3O3/c16-10-3-1-9(2-4-15(19)20)14(8-10)21-13-6-11(17)5-12(18)7-13/h1-8H,(H,19,20)/b4-2+. The van der Waals surface area contributed by atoms with Gasteiger partial charge in [0.05, 0.1) is 0 Å². The van der Waals surface area contributed by atoms with Gasteiger partial charge in [0.25, 0.3) is 0 Å². The van der Waals surface area contributed by atoms with Crippen molar-refractivity contribution in [3.05, 3.63) is 63.1 Å². The van der Waals surface area contributed by atoms with Crippen molar-refractivity contribution in [2.45, 2.75) is 0 Å². The van der Waals surface area contributed by atoms with Crippen molar-refractivity contribution < 1.29 is 14.6 Å². The van der Waals surface area contributed by atoms with E-state index >= 15 is 0 Å². The Morgan fingerprint density at radius 1 is 1.00 bits per heavy atom. The Labute approximate surface area is 136 Å². The molecule has 0 bridgehead atoms. The summed E-state index contributed by atoms with van der Waals surface area (Å²) in [5.74, 6) is -0.222. The molecular weight excluding hydrogens is 335 g/mol. The molecule has 3 nitrogen and oxygen atoms in total. The normalized spacial score (nSPS) is 10.8. The summed E-state index contributed by atoms with van der Waals surface area (Å²) in [6, 6.07) is 9.65. The van der Waals surface area contributed by atoms with Crippen LogP contribution in [0, 0.1) is 0 Å². The first-order valence-corrected chi connectivity index (χ1v) is 6.92. The quantitative estimate of drug-likeness (QED) is 0.742. The first-order chi connectivity index (χ1) is 9.94. The molecule has 0 aliphatic rings. The highest BCUT2D eigenvalue weighted by Crippen LogP contribution is 2.32. The number of aliphatic carboxylic acids is 1. The van der Waals surface area contributed by atoms with Crippen molar-refractivity contribution in [3.8, 4) is 11.5 Å². The van der Waals surface area contributed by atoms with Crippen molar-refractivity contribution >= 4 is 46.8 Å². The van der Waals surface area contributed by atoms with E-state index in [0.717, 1.165) is 6.08 Å². The van der Waals surface area contributed by atoms with E-state index in [1.807, 2.05) is 0 Å². The monoisotopic (exact) mass is 342 g/mol. The SMILES string of the molecule is O=C(O)/C=C/c1ccc(Cl)cc1Oc1cc(Cl)cc(Cl)c1. The molecule has 0 aliphatic carbocycles. The molecule has 0 unspecified atom stereocenters. The van der Waals surface area contributed by atoms with Crippen LogP contribution in [0.25, 0.3) is 6.08 Å².